The van der Waals surface area contributed by atoms with E-state index in [1.807, 2.05) is 41.8 Å². The number of oxazole rings is 1. The fraction of sp³-hybridized carbons (Fsp3) is 0.286. The van der Waals surface area contributed by atoms with Gasteiger partial charge in [0.1, 0.15) is 5.76 Å². The van der Waals surface area contributed by atoms with Crippen molar-refractivity contribution in [2.75, 3.05) is 18.1 Å². The van der Waals surface area contributed by atoms with Gasteiger partial charge in [-0.05, 0) is 43.3 Å². The first kappa shape index (κ1) is 18.5. The van der Waals surface area contributed by atoms with E-state index in [2.05, 4.69) is 4.98 Å². The van der Waals surface area contributed by atoms with Crippen molar-refractivity contribution in [3.8, 4) is 10.8 Å². The number of hydrogen-bond donors (Lipinski definition) is 0. The molecule has 3 aromatic heterocycles. The van der Waals surface area contributed by atoms with Crippen LogP contribution in [0.3, 0.4) is 0 Å². The third kappa shape index (κ3) is 3.59. The molecule has 8 heteroatoms. The number of amides is 1. The number of aryl methyl sites for hydroxylation is 1. The van der Waals surface area contributed by atoms with Crippen molar-refractivity contribution in [1.29, 1.82) is 0 Å². The van der Waals surface area contributed by atoms with E-state index in [1.54, 1.807) is 11.8 Å². The molecule has 29 heavy (non-hydrogen) atoms. The molecule has 4 aromatic rings. The maximum atomic E-state index is 13.5. The zero-order chi connectivity index (χ0) is 19.8. The minimum Gasteiger partial charge on any atom is -0.440 e. The summed E-state index contributed by atoms with van der Waals surface area (Å²) in [6.07, 6.45) is 1.96. The highest BCUT2D eigenvalue weighted by atomic mass is 32.1. The number of benzene rings is 1. The second-order valence-electron chi connectivity index (χ2n) is 6.92. The van der Waals surface area contributed by atoms with Crippen LogP contribution in [0.5, 0.6) is 0 Å². The molecular weight excluding hydrogens is 406 g/mol. The van der Waals surface area contributed by atoms with E-state index in [0.717, 1.165) is 34.5 Å². The summed E-state index contributed by atoms with van der Waals surface area (Å²) in [5, 5.41) is 2.62. The number of para-hydroxylation sites is 1. The molecule has 1 saturated heterocycles. The topological polar surface area (TPSA) is 68.5 Å². The van der Waals surface area contributed by atoms with Crippen LogP contribution in [0.2, 0.25) is 0 Å². The summed E-state index contributed by atoms with van der Waals surface area (Å²) in [4.78, 5) is 25.3. The molecule has 1 atom stereocenters. The molecule has 0 spiro atoms. The van der Waals surface area contributed by atoms with Crippen LogP contribution in [0, 0.1) is 6.92 Å². The summed E-state index contributed by atoms with van der Waals surface area (Å²) < 4.78 is 12.6. The van der Waals surface area contributed by atoms with Crippen molar-refractivity contribution in [2.45, 2.75) is 25.9 Å². The van der Waals surface area contributed by atoms with E-state index in [9.17, 15) is 4.79 Å². The average Bonchev–Trinajstić information content (AvgIpc) is 3.52. The van der Waals surface area contributed by atoms with E-state index < -0.39 is 0 Å². The molecule has 4 heterocycles. The predicted molar refractivity (Wildman–Crippen MR) is 115 cm³/mol. The monoisotopic (exact) mass is 425 g/mol. The molecule has 1 aromatic carbocycles. The average molecular weight is 426 g/mol. The van der Waals surface area contributed by atoms with E-state index in [4.69, 9.17) is 14.1 Å². The summed E-state index contributed by atoms with van der Waals surface area (Å²) in [6.45, 7) is 2.97. The summed E-state index contributed by atoms with van der Waals surface area (Å²) in [6, 6.07) is 11.8. The lowest BCUT2D eigenvalue weighted by molar-refractivity contribution is 0.0912. The summed E-state index contributed by atoms with van der Waals surface area (Å²) in [5.41, 5.74) is 1.21. The molecule has 0 unspecified atom stereocenters. The summed E-state index contributed by atoms with van der Waals surface area (Å²) in [5.74, 6) is 0.780. The Morgan fingerprint density at radius 1 is 1.24 bits per heavy atom. The number of anilines is 1. The molecule has 1 fully saturated rings. The zero-order valence-electron chi connectivity index (χ0n) is 15.8. The van der Waals surface area contributed by atoms with Gasteiger partial charge in [-0.3, -0.25) is 9.69 Å². The largest absolute Gasteiger partial charge is 0.440 e. The second-order valence-corrected chi connectivity index (χ2v) is 8.87. The molecule has 1 amide bonds. The highest BCUT2D eigenvalue weighted by Gasteiger charge is 2.30. The van der Waals surface area contributed by atoms with Gasteiger partial charge in [-0.2, -0.15) is 0 Å². The van der Waals surface area contributed by atoms with Crippen LogP contribution in [0.15, 0.2) is 46.2 Å². The Kier molecular flexibility index (Phi) is 4.91. The van der Waals surface area contributed by atoms with Crippen molar-refractivity contribution in [3.63, 3.8) is 0 Å². The second kappa shape index (κ2) is 7.70. The molecule has 0 radical (unpaired) electrons. The Morgan fingerprint density at radius 2 is 2.14 bits per heavy atom. The Labute approximate surface area is 175 Å². The van der Waals surface area contributed by atoms with E-state index in [-0.39, 0.29) is 12.0 Å². The highest BCUT2D eigenvalue weighted by molar-refractivity contribution is 7.22. The van der Waals surface area contributed by atoms with Crippen LogP contribution in [0.1, 0.15) is 29.1 Å². The molecule has 5 rings (SSSR count). The predicted octanol–water partition coefficient (Wildman–Crippen LogP) is 5.15. The van der Waals surface area contributed by atoms with E-state index >= 15 is 0 Å². The summed E-state index contributed by atoms with van der Waals surface area (Å²) in [7, 11) is 0. The molecule has 0 bridgehead atoms. The number of nitrogens with zero attached hydrogens (tertiary/aromatic N) is 3. The van der Waals surface area contributed by atoms with Gasteiger partial charge >= 0.3 is 0 Å². The fourth-order valence-corrected chi connectivity index (χ4v) is 5.07. The van der Waals surface area contributed by atoms with Crippen LogP contribution in [-0.4, -0.2) is 35.1 Å². The third-order valence-corrected chi connectivity index (χ3v) is 6.82. The SMILES string of the molecule is Cc1oc(-c2cccs2)nc1C(=O)N(C[C@H]1CCCO1)c1nc2ccccc2s1. The fourth-order valence-electron chi connectivity index (χ4n) is 3.44. The van der Waals surface area contributed by atoms with Gasteiger partial charge in [0.2, 0.25) is 5.89 Å². The van der Waals surface area contributed by atoms with Crippen LogP contribution in [0.4, 0.5) is 5.13 Å². The number of ether oxygens (including phenoxy) is 1. The quantitative estimate of drug-likeness (QED) is 0.442. The van der Waals surface area contributed by atoms with Crippen LogP contribution < -0.4 is 4.90 Å². The van der Waals surface area contributed by atoms with Crippen molar-refractivity contribution in [1.82, 2.24) is 9.97 Å². The highest BCUT2D eigenvalue weighted by Crippen LogP contribution is 2.32. The number of carbonyl (C=O) groups is 1. The van der Waals surface area contributed by atoms with Crippen molar-refractivity contribution >= 4 is 43.9 Å². The first-order valence-corrected chi connectivity index (χ1v) is 11.2. The van der Waals surface area contributed by atoms with Gasteiger partial charge in [-0.25, -0.2) is 9.97 Å². The Balaban J connectivity index is 1.52. The maximum absolute atomic E-state index is 13.5. The van der Waals surface area contributed by atoms with Crippen molar-refractivity contribution in [3.05, 3.63) is 53.2 Å². The van der Waals surface area contributed by atoms with Gasteiger partial charge in [-0.1, -0.05) is 29.5 Å². The van der Waals surface area contributed by atoms with Crippen molar-refractivity contribution in [2.24, 2.45) is 0 Å². The summed E-state index contributed by atoms with van der Waals surface area (Å²) >= 11 is 3.04. The maximum Gasteiger partial charge on any atom is 0.282 e. The Hall–Kier alpha value is -2.55. The number of aromatic nitrogens is 2. The number of fused-ring (bicyclic) bond motifs is 1. The molecule has 6 nitrogen and oxygen atoms in total. The lowest BCUT2D eigenvalue weighted by Crippen LogP contribution is -2.38. The normalized spacial score (nSPS) is 16.5. The zero-order valence-corrected chi connectivity index (χ0v) is 17.5. The van der Waals surface area contributed by atoms with E-state index in [1.165, 1.54) is 22.7 Å². The van der Waals surface area contributed by atoms with Crippen LogP contribution in [0.25, 0.3) is 21.0 Å². The lowest BCUT2D eigenvalue weighted by Gasteiger charge is -2.22. The smallest absolute Gasteiger partial charge is 0.282 e. The van der Waals surface area contributed by atoms with Gasteiger partial charge in [0.15, 0.2) is 10.8 Å². The van der Waals surface area contributed by atoms with Gasteiger partial charge in [-0.15, -0.1) is 11.3 Å². The molecular formula is C21H19N3O3S2. The number of thiophene rings is 1. The van der Waals surface area contributed by atoms with E-state index in [0.29, 0.717) is 29.0 Å². The molecule has 0 N–H and O–H groups in total. The van der Waals surface area contributed by atoms with Gasteiger partial charge in [0.05, 0.1) is 27.7 Å². The molecule has 148 valence electrons. The standard InChI is InChI=1S/C21H19N3O3S2/c1-13-18(23-19(27-13)17-9-5-11-28-17)20(25)24(12-14-6-4-10-26-14)21-22-15-7-2-3-8-16(15)29-21/h2-3,5,7-9,11,14H,4,6,10,12H2,1H3/t14-/m1/s1. The number of hydrogen-bond acceptors (Lipinski definition) is 7. The Bertz CT molecular complexity index is 1110. The molecule has 1 aliphatic heterocycles. The first-order valence-electron chi connectivity index (χ1n) is 9.49. The van der Waals surface area contributed by atoms with Gasteiger partial charge < -0.3 is 9.15 Å². The first-order chi connectivity index (χ1) is 14.2. The number of carbonyl (C=O) groups excluding carboxylic acids is 1. The van der Waals surface area contributed by atoms with Gasteiger partial charge in [0.25, 0.3) is 5.91 Å². The molecule has 0 saturated carbocycles. The van der Waals surface area contributed by atoms with Crippen molar-refractivity contribution < 1.29 is 13.9 Å². The minimum atomic E-state index is -0.205. The third-order valence-electron chi connectivity index (χ3n) is 4.90. The Morgan fingerprint density at radius 3 is 2.90 bits per heavy atom. The van der Waals surface area contributed by atoms with Crippen LogP contribution >= 0.6 is 22.7 Å². The minimum absolute atomic E-state index is 0.00920. The molecule has 1 aliphatic rings. The number of thiazole rings is 1. The van der Waals surface area contributed by atoms with Crippen LogP contribution in [-0.2, 0) is 4.74 Å². The van der Waals surface area contributed by atoms with Gasteiger partial charge in [0, 0.05) is 6.61 Å². The number of rotatable bonds is 5. The molecule has 0 aliphatic carbocycles. The lowest BCUT2D eigenvalue weighted by atomic mass is 10.2.